The van der Waals surface area contributed by atoms with Crippen molar-refractivity contribution in [2.45, 2.75) is 40.2 Å². The number of anilines is 1. The summed E-state index contributed by atoms with van der Waals surface area (Å²) in [6.45, 7) is 8.37. The highest BCUT2D eigenvalue weighted by Gasteiger charge is 2.10. The van der Waals surface area contributed by atoms with Crippen molar-refractivity contribution in [3.8, 4) is 0 Å². The average molecular weight is 235 g/mol. The Balaban J connectivity index is 2.55. The van der Waals surface area contributed by atoms with E-state index >= 15 is 0 Å². The lowest BCUT2D eigenvalue weighted by atomic mass is 10.1. The largest absolute Gasteiger partial charge is 0.466 e. The first-order valence-corrected chi connectivity index (χ1v) is 6.02. The lowest BCUT2D eigenvalue weighted by Gasteiger charge is -2.16. The van der Waals surface area contributed by atoms with E-state index in [2.05, 4.69) is 31.3 Å². The summed E-state index contributed by atoms with van der Waals surface area (Å²) >= 11 is 0. The van der Waals surface area contributed by atoms with E-state index in [1.54, 1.807) is 0 Å². The molecule has 1 atom stereocenters. The minimum Gasteiger partial charge on any atom is -0.466 e. The Morgan fingerprint density at radius 2 is 2.12 bits per heavy atom. The molecule has 0 amide bonds. The van der Waals surface area contributed by atoms with Crippen LogP contribution in [0.1, 0.15) is 31.4 Å². The number of nitrogens with one attached hydrogen (secondary N) is 1. The molecule has 1 N–H and O–H groups in total. The fourth-order valence-electron chi connectivity index (χ4n) is 1.76. The van der Waals surface area contributed by atoms with E-state index in [0.717, 1.165) is 5.69 Å². The summed E-state index contributed by atoms with van der Waals surface area (Å²) in [5, 5.41) is 3.33. The summed E-state index contributed by atoms with van der Waals surface area (Å²) in [4.78, 5) is 11.3. The van der Waals surface area contributed by atoms with Crippen molar-refractivity contribution in [2.24, 2.45) is 0 Å². The number of hydrogen-bond donors (Lipinski definition) is 1. The summed E-state index contributed by atoms with van der Waals surface area (Å²) in [6.07, 6.45) is 0.390. The third-order valence-electron chi connectivity index (χ3n) is 2.56. The van der Waals surface area contributed by atoms with Gasteiger partial charge < -0.3 is 10.1 Å². The Hall–Kier alpha value is -1.51. The Morgan fingerprint density at radius 1 is 1.41 bits per heavy atom. The van der Waals surface area contributed by atoms with Crippen LogP contribution in [0.4, 0.5) is 5.69 Å². The zero-order valence-electron chi connectivity index (χ0n) is 11.0. The van der Waals surface area contributed by atoms with Crippen LogP contribution in [0.5, 0.6) is 0 Å². The van der Waals surface area contributed by atoms with Crippen molar-refractivity contribution in [1.29, 1.82) is 0 Å². The highest BCUT2D eigenvalue weighted by molar-refractivity contribution is 5.70. The van der Waals surface area contributed by atoms with Crippen LogP contribution < -0.4 is 5.32 Å². The molecule has 1 aromatic rings. The lowest BCUT2D eigenvalue weighted by molar-refractivity contribution is -0.143. The molecule has 1 unspecified atom stereocenters. The van der Waals surface area contributed by atoms with Crippen molar-refractivity contribution in [3.63, 3.8) is 0 Å². The minimum atomic E-state index is -0.155. The molecule has 3 heteroatoms. The van der Waals surface area contributed by atoms with Crippen molar-refractivity contribution in [2.75, 3.05) is 11.9 Å². The van der Waals surface area contributed by atoms with Gasteiger partial charge in [0.1, 0.15) is 0 Å². The maximum Gasteiger partial charge on any atom is 0.307 e. The van der Waals surface area contributed by atoms with E-state index in [9.17, 15) is 4.79 Å². The first-order chi connectivity index (χ1) is 8.02. The molecule has 0 heterocycles. The third kappa shape index (κ3) is 4.47. The summed E-state index contributed by atoms with van der Waals surface area (Å²) < 4.78 is 4.92. The van der Waals surface area contributed by atoms with E-state index in [1.165, 1.54) is 11.1 Å². The van der Waals surface area contributed by atoms with E-state index in [1.807, 2.05) is 19.9 Å². The van der Waals surface area contributed by atoms with Crippen LogP contribution >= 0.6 is 0 Å². The van der Waals surface area contributed by atoms with Gasteiger partial charge in [0.15, 0.2) is 0 Å². The number of esters is 1. The maximum atomic E-state index is 11.3. The van der Waals surface area contributed by atoms with Crippen molar-refractivity contribution in [3.05, 3.63) is 29.3 Å². The number of carbonyl (C=O) groups is 1. The molecule has 3 nitrogen and oxygen atoms in total. The zero-order chi connectivity index (χ0) is 12.8. The van der Waals surface area contributed by atoms with Gasteiger partial charge in [-0.3, -0.25) is 4.79 Å². The second-order valence-corrected chi connectivity index (χ2v) is 4.37. The SMILES string of the molecule is CCOC(=O)CC(C)Nc1ccc(C)cc1C. The molecule has 0 aliphatic heterocycles. The first kappa shape index (κ1) is 13.6. The van der Waals surface area contributed by atoms with Crippen LogP contribution in [0.3, 0.4) is 0 Å². The van der Waals surface area contributed by atoms with Crippen molar-refractivity contribution >= 4 is 11.7 Å². The second-order valence-electron chi connectivity index (χ2n) is 4.37. The molecular weight excluding hydrogens is 214 g/mol. The Kier molecular flexibility index (Phi) is 5.01. The van der Waals surface area contributed by atoms with Crippen LogP contribution in [0, 0.1) is 13.8 Å². The van der Waals surface area contributed by atoms with E-state index < -0.39 is 0 Å². The molecule has 0 aliphatic rings. The van der Waals surface area contributed by atoms with Crippen LogP contribution in [-0.4, -0.2) is 18.6 Å². The Labute approximate surface area is 103 Å². The zero-order valence-corrected chi connectivity index (χ0v) is 11.0. The molecule has 1 aromatic carbocycles. The monoisotopic (exact) mass is 235 g/mol. The van der Waals surface area contributed by atoms with Gasteiger partial charge in [0.2, 0.25) is 0 Å². The van der Waals surface area contributed by atoms with Crippen molar-refractivity contribution < 1.29 is 9.53 Å². The normalized spacial score (nSPS) is 12.0. The second kappa shape index (κ2) is 6.28. The summed E-state index contributed by atoms with van der Waals surface area (Å²) in [6, 6.07) is 6.31. The van der Waals surface area contributed by atoms with Gasteiger partial charge in [0.05, 0.1) is 13.0 Å². The smallest absolute Gasteiger partial charge is 0.307 e. The molecular formula is C14H21NO2. The first-order valence-electron chi connectivity index (χ1n) is 6.02. The van der Waals surface area contributed by atoms with Crippen LogP contribution in [0.15, 0.2) is 18.2 Å². The predicted octanol–water partition coefficient (Wildman–Crippen LogP) is 3.06. The van der Waals surface area contributed by atoms with Crippen LogP contribution in [0.25, 0.3) is 0 Å². The van der Waals surface area contributed by atoms with Crippen molar-refractivity contribution in [1.82, 2.24) is 0 Å². The van der Waals surface area contributed by atoms with Gasteiger partial charge in [0.25, 0.3) is 0 Å². The predicted molar refractivity (Wildman–Crippen MR) is 70.3 cm³/mol. The quantitative estimate of drug-likeness (QED) is 0.797. The Morgan fingerprint density at radius 3 is 2.71 bits per heavy atom. The van der Waals surface area contributed by atoms with Gasteiger partial charge in [-0.25, -0.2) is 0 Å². The molecule has 0 fully saturated rings. The molecule has 0 aromatic heterocycles. The summed E-state index contributed by atoms with van der Waals surface area (Å²) in [7, 11) is 0. The maximum absolute atomic E-state index is 11.3. The van der Waals surface area contributed by atoms with Gasteiger partial charge in [-0.05, 0) is 39.3 Å². The van der Waals surface area contributed by atoms with Gasteiger partial charge in [-0.2, -0.15) is 0 Å². The van der Waals surface area contributed by atoms with Gasteiger partial charge in [-0.15, -0.1) is 0 Å². The van der Waals surface area contributed by atoms with E-state index in [4.69, 9.17) is 4.74 Å². The topological polar surface area (TPSA) is 38.3 Å². The van der Waals surface area contributed by atoms with Crippen LogP contribution in [0.2, 0.25) is 0 Å². The van der Waals surface area contributed by atoms with Crippen LogP contribution in [-0.2, 0) is 9.53 Å². The van der Waals surface area contributed by atoms with Gasteiger partial charge in [0, 0.05) is 11.7 Å². The van der Waals surface area contributed by atoms with Gasteiger partial charge >= 0.3 is 5.97 Å². The number of hydrogen-bond acceptors (Lipinski definition) is 3. The number of aryl methyl sites for hydroxylation is 2. The van der Waals surface area contributed by atoms with Gasteiger partial charge in [-0.1, -0.05) is 17.7 Å². The number of benzene rings is 1. The molecule has 0 saturated carbocycles. The molecule has 0 bridgehead atoms. The highest BCUT2D eigenvalue weighted by atomic mass is 16.5. The fourth-order valence-corrected chi connectivity index (χ4v) is 1.76. The lowest BCUT2D eigenvalue weighted by Crippen LogP contribution is -2.21. The average Bonchev–Trinajstić information content (AvgIpc) is 2.22. The van der Waals surface area contributed by atoms with E-state index in [-0.39, 0.29) is 12.0 Å². The molecule has 0 spiro atoms. The molecule has 0 aliphatic carbocycles. The minimum absolute atomic E-state index is 0.0791. The fraction of sp³-hybridized carbons (Fsp3) is 0.500. The highest BCUT2D eigenvalue weighted by Crippen LogP contribution is 2.17. The number of carbonyl (C=O) groups excluding carboxylic acids is 1. The summed E-state index contributed by atoms with van der Waals surface area (Å²) in [5.74, 6) is -0.155. The molecule has 94 valence electrons. The summed E-state index contributed by atoms with van der Waals surface area (Å²) in [5.41, 5.74) is 3.51. The molecule has 17 heavy (non-hydrogen) atoms. The van der Waals surface area contributed by atoms with E-state index in [0.29, 0.717) is 13.0 Å². The number of rotatable bonds is 5. The number of ether oxygens (including phenoxy) is 1. The Bertz CT molecular complexity index is 388. The molecule has 0 saturated heterocycles. The standard InChI is InChI=1S/C14H21NO2/c1-5-17-14(16)9-12(4)15-13-7-6-10(2)8-11(13)3/h6-8,12,15H,5,9H2,1-4H3. The third-order valence-corrected chi connectivity index (χ3v) is 2.56. The molecule has 0 radical (unpaired) electrons. The molecule has 1 rings (SSSR count).